The first-order chi connectivity index (χ1) is 8.70. The van der Waals surface area contributed by atoms with Gasteiger partial charge in [-0.05, 0) is 31.5 Å². The fraction of sp³-hybridized carbons (Fsp3) is 0.267. The molecule has 0 radical (unpaired) electrons. The van der Waals surface area contributed by atoms with E-state index in [1.807, 2.05) is 32.0 Å². The van der Waals surface area contributed by atoms with Crippen LogP contribution in [0.3, 0.4) is 0 Å². The van der Waals surface area contributed by atoms with Gasteiger partial charge in [0.2, 0.25) is 0 Å². The molecule has 3 heteroatoms. The Morgan fingerprint density at radius 1 is 1.28 bits per heavy atom. The van der Waals surface area contributed by atoms with Crippen molar-refractivity contribution >= 4 is 5.91 Å². The average Bonchev–Trinajstić information content (AvgIpc) is 2.89. The quantitative estimate of drug-likeness (QED) is 0.826. The maximum Gasteiger partial charge on any atom is 0.289 e. The van der Waals surface area contributed by atoms with E-state index in [1.54, 1.807) is 17.0 Å². The van der Waals surface area contributed by atoms with Crippen LogP contribution in [0.25, 0.3) is 0 Å². The summed E-state index contributed by atoms with van der Waals surface area (Å²) in [5.74, 6) is 0.327. The molecule has 0 saturated heterocycles. The minimum atomic E-state index is -0.0657. The van der Waals surface area contributed by atoms with Gasteiger partial charge in [-0.2, -0.15) is 0 Å². The molecule has 94 valence electrons. The molecule has 2 aromatic rings. The second kappa shape index (κ2) is 5.54. The van der Waals surface area contributed by atoms with Gasteiger partial charge in [-0.25, -0.2) is 0 Å². The number of hydrogen-bond acceptors (Lipinski definition) is 2. The molecule has 0 bridgehead atoms. The molecule has 0 aliphatic carbocycles. The first-order valence-electron chi connectivity index (χ1n) is 6.09. The Bertz CT molecular complexity index is 517. The van der Waals surface area contributed by atoms with Gasteiger partial charge in [0, 0.05) is 13.1 Å². The molecule has 1 amide bonds. The maximum absolute atomic E-state index is 12.2. The van der Waals surface area contributed by atoms with Gasteiger partial charge in [0.25, 0.3) is 5.91 Å². The molecule has 0 N–H and O–H groups in total. The number of hydrogen-bond donors (Lipinski definition) is 0. The SMILES string of the molecule is CCN(Cc1cccc(C)c1)C(=O)c1ccco1. The molecule has 3 nitrogen and oxygen atoms in total. The molecule has 1 aromatic heterocycles. The highest BCUT2D eigenvalue weighted by molar-refractivity contribution is 5.91. The van der Waals surface area contributed by atoms with E-state index in [0.717, 1.165) is 5.56 Å². The van der Waals surface area contributed by atoms with Crippen molar-refractivity contribution < 1.29 is 9.21 Å². The fourth-order valence-electron chi connectivity index (χ4n) is 1.91. The van der Waals surface area contributed by atoms with Crippen LogP contribution < -0.4 is 0 Å². The van der Waals surface area contributed by atoms with Gasteiger partial charge >= 0.3 is 0 Å². The summed E-state index contributed by atoms with van der Waals surface area (Å²) in [6.45, 7) is 5.29. The highest BCUT2D eigenvalue weighted by Crippen LogP contribution is 2.11. The summed E-state index contributed by atoms with van der Waals surface area (Å²) in [5, 5.41) is 0. The summed E-state index contributed by atoms with van der Waals surface area (Å²) >= 11 is 0. The molecule has 0 aliphatic heterocycles. The number of furan rings is 1. The molecule has 18 heavy (non-hydrogen) atoms. The summed E-state index contributed by atoms with van der Waals surface area (Å²) in [4.78, 5) is 13.9. The Morgan fingerprint density at radius 2 is 2.11 bits per heavy atom. The van der Waals surface area contributed by atoms with Crippen molar-refractivity contribution in [2.24, 2.45) is 0 Å². The van der Waals surface area contributed by atoms with Crippen molar-refractivity contribution in [1.82, 2.24) is 4.90 Å². The minimum Gasteiger partial charge on any atom is -0.459 e. The lowest BCUT2D eigenvalue weighted by molar-refractivity contribution is 0.0720. The van der Waals surface area contributed by atoms with Gasteiger partial charge in [0.1, 0.15) is 0 Å². The summed E-state index contributed by atoms with van der Waals surface area (Å²) in [5.41, 5.74) is 2.34. The van der Waals surface area contributed by atoms with E-state index < -0.39 is 0 Å². The molecule has 0 saturated carbocycles. The zero-order chi connectivity index (χ0) is 13.0. The minimum absolute atomic E-state index is 0.0657. The number of carbonyl (C=O) groups excluding carboxylic acids is 1. The van der Waals surface area contributed by atoms with Gasteiger partial charge in [-0.3, -0.25) is 4.79 Å². The maximum atomic E-state index is 12.2. The zero-order valence-electron chi connectivity index (χ0n) is 10.7. The molecule has 0 aliphatic rings. The van der Waals surface area contributed by atoms with E-state index in [2.05, 4.69) is 6.07 Å². The summed E-state index contributed by atoms with van der Waals surface area (Å²) < 4.78 is 5.15. The van der Waals surface area contributed by atoms with Crippen molar-refractivity contribution in [2.75, 3.05) is 6.54 Å². The van der Waals surface area contributed by atoms with Crippen LogP contribution in [-0.2, 0) is 6.54 Å². The van der Waals surface area contributed by atoms with E-state index >= 15 is 0 Å². The Morgan fingerprint density at radius 3 is 2.72 bits per heavy atom. The predicted molar refractivity (Wildman–Crippen MR) is 70.3 cm³/mol. The van der Waals surface area contributed by atoms with Gasteiger partial charge in [-0.1, -0.05) is 29.8 Å². The summed E-state index contributed by atoms with van der Waals surface area (Å²) in [6, 6.07) is 11.6. The molecule has 0 fully saturated rings. The van der Waals surface area contributed by atoms with Crippen LogP contribution in [0.2, 0.25) is 0 Å². The molecule has 0 atom stereocenters. The van der Waals surface area contributed by atoms with Crippen molar-refractivity contribution in [3.05, 3.63) is 59.5 Å². The lowest BCUT2D eigenvalue weighted by Crippen LogP contribution is -2.30. The number of aryl methyl sites for hydroxylation is 1. The lowest BCUT2D eigenvalue weighted by Gasteiger charge is -2.19. The fourth-order valence-corrected chi connectivity index (χ4v) is 1.91. The Balaban J connectivity index is 2.12. The van der Waals surface area contributed by atoms with Crippen LogP contribution >= 0.6 is 0 Å². The van der Waals surface area contributed by atoms with E-state index in [1.165, 1.54) is 11.8 Å². The highest BCUT2D eigenvalue weighted by Gasteiger charge is 2.16. The van der Waals surface area contributed by atoms with Gasteiger partial charge in [0.15, 0.2) is 5.76 Å². The van der Waals surface area contributed by atoms with E-state index in [9.17, 15) is 4.79 Å². The second-order valence-corrected chi connectivity index (χ2v) is 4.29. The highest BCUT2D eigenvalue weighted by atomic mass is 16.3. The Kier molecular flexibility index (Phi) is 3.82. The predicted octanol–water partition coefficient (Wildman–Crippen LogP) is 3.25. The van der Waals surface area contributed by atoms with Crippen molar-refractivity contribution in [3.63, 3.8) is 0 Å². The smallest absolute Gasteiger partial charge is 0.289 e. The van der Waals surface area contributed by atoms with Gasteiger partial charge in [0.05, 0.1) is 6.26 Å². The van der Waals surface area contributed by atoms with Crippen LogP contribution in [-0.4, -0.2) is 17.4 Å². The van der Waals surface area contributed by atoms with Crippen LogP contribution in [0.15, 0.2) is 47.1 Å². The van der Waals surface area contributed by atoms with E-state index in [0.29, 0.717) is 18.8 Å². The van der Waals surface area contributed by atoms with E-state index in [-0.39, 0.29) is 5.91 Å². The van der Waals surface area contributed by atoms with Crippen molar-refractivity contribution in [2.45, 2.75) is 20.4 Å². The molecular weight excluding hydrogens is 226 g/mol. The van der Waals surface area contributed by atoms with Gasteiger partial charge in [-0.15, -0.1) is 0 Å². The molecule has 1 aromatic carbocycles. The topological polar surface area (TPSA) is 33.5 Å². The average molecular weight is 243 g/mol. The molecule has 0 spiro atoms. The normalized spacial score (nSPS) is 10.3. The number of nitrogens with zero attached hydrogens (tertiary/aromatic N) is 1. The molecule has 1 heterocycles. The monoisotopic (exact) mass is 243 g/mol. The third kappa shape index (κ3) is 2.80. The Labute approximate surface area is 107 Å². The molecular formula is C15H17NO2. The third-order valence-corrected chi connectivity index (χ3v) is 2.86. The summed E-state index contributed by atoms with van der Waals surface area (Å²) in [7, 11) is 0. The molecule has 0 unspecified atom stereocenters. The van der Waals surface area contributed by atoms with Crippen molar-refractivity contribution in [1.29, 1.82) is 0 Å². The first-order valence-corrected chi connectivity index (χ1v) is 6.09. The number of benzene rings is 1. The summed E-state index contributed by atoms with van der Waals surface area (Å²) in [6.07, 6.45) is 1.52. The molecule has 2 rings (SSSR count). The zero-order valence-corrected chi connectivity index (χ0v) is 10.7. The van der Waals surface area contributed by atoms with Crippen LogP contribution in [0.1, 0.15) is 28.6 Å². The number of rotatable bonds is 4. The number of amides is 1. The lowest BCUT2D eigenvalue weighted by atomic mass is 10.1. The standard InChI is InChI=1S/C15H17NO2/c1-3-16(15(17)14-8-5-9-18-14)11-13-7-4-6-12(2)10-13/h4-10H,3,11H2,1-2H3. The van der Waals surface area contributed by atoms with Gasteiger partial charge < -0.3 is 9.32 Å². The van der Waals surface area contributed by atoms with Crippen LogP contribution in [0.4, 0.5) is 0 Å². The first kappa shape index (κ1) is 12.4. The second-order valence-electron chi connectivity index (χ2n) is 4.29. The number of carbonyl (C=O) groups is 1. The Hall–Kier alpha value is -2.03. The van der Waals surface area contributed by atoms with E-state index in [4.69, 9.17) is 4.42 Å². The van der Waals surface area contributed by atoms with Crippen LogP contribution in [0, 0.1) is 6.92 Å². The van der Waals surface area contributed by atoms with Crippen molar-refractivity contribution in [3.8, 4) is 0 Å². The largest absolute Gasteiger partial charge is 0.459 e. The van der Waals surface area contributed by atoms with Crippen LogP contribution in [0.5, 0.6) is 0 Å². The third-order valence-electron chi connectivity index (χ3n) is 2.86.